The zero-order chi connectivity index (χ0) is 21.0. The van der Waals surface area contributed by atoms with Crippen molar-refractivity contribution in [2.24, 2.45) is 0 Å². The molecule has 0 spiro atoms. The number of hydrogen-bond acceptors (Lipinski definition) is 8. The highest BCUT2D eigenvalue weighted by Crippen LogP contribution is 2.36. The minimum atomic E-state index is -4.06. The maximum atomic E-state index is 13.0. The van der Waals surface area contributed by atoms with Crippen molar-refractivity contribution in [3.05, 3.63) is 35.9 Å². The molecule has 0 aliphatic carbocycles. The first-order valence-electron chi connectivity index (χ1n) is 8.66. The molecule has 0 unspecified atom stereocenters. The minimum absolute atomic E-state index is 0.0124. The molecule has 0 radical (unpaired) electrons. The van der Waals surface area contributed by atoms with Crippen LogP contribution in [0.5, 0.6) is 23.0 Å². The normalized spacial score (nSPS) is 13.2. The molecular weight excluding hydrogens is 402 g/mol. The van der Waals surface area contributed by atoms with E-state index >= 15 is 0 Å². The monoisotopic (exact) mass is 423 g/mol. The molecular formula is C19H21NO8S. The molecule has 10 heteroatoms. The molecule has 1 aliphatic rings. The summed E-state index contributed by atoms with van der Waals surface area (Å²) in [6.07, 6.45) is 0.698. The Labute approximate surface area is 168 Å². The molecule has 0 saturated heterocycles. The van der Waals surface area contributed by atoms with Gasteiger partial charge in [-0.2, -0.15) is 0 Å². The summed E-state index contributed by atoms with van der Waals surface area (Å²) >= 11 is 0. The Hall–Kier alpha value is -3.14. The lowest BCUT2D eigenvalue weighted by Gasteiger charge is -2.16. The molecule has 0 atom stereocenters. The van der Waals surface area contributed by atoms with Crippen molar-refractivity contribution < 1.29 is 36.9 Å². The van der Waals surface area contributed by atoms with Gasteiger partial charge >= 0.3 is 5.97 Å². The number of carbonyl (C=O) groups is 1. The Kier molecular flexibility index (Phi) is 6.02. The second kappa shape index (κ2) is 8.48. The molecule has 0 amide bonds. The average Bonchev–Trinajstić information content (AvgIpc) is 2.97. The predicted molar refractivity (Wildman–Crippen MR) is 104 cm³/mol. The zero-order valence-corrected chi connectivity index (χ0v) is 17.0. The van der Waals surface area contributed by atoms with Crippen molar-refractivity contribution >= 4 is 21.7 Å². The quantitative estimate of drug-likeness (QED) is 0.706. The topological polar surface area (TPSA) is 109 Å². The Morgan fingerprint density at radius 3 is 2.28 bits per heavy atom. The highest BCUT2D eigenvalue weighted by Gasteiger charge is 2.24. The van der Waals surface area contributed by atoms with Gasteiger partial charge in [0, 0.05) is 24.6 Å². The van der Waals surface area contributed by atoms with Crippen LogP contribution in [0.15, 0.2) is 35.2 Å². The molecule has 29 heavy (non-hydrogen) atoms. The number of fused-ring (bicyclic) bond motifs is 1. The smallest absolute Gasteiger partial charge is 0.340 e. The summed E-state index contributed by atoms with van der Waals surface area (Å²) in [4.78, 5) is 12.1. The van der Waals surface area contributed by atoms with Crippen LogP contribution >= 0.6 is 0 Å². The molecule has 1 N–H and O–H groups in total. The van der Waals surface area contributed by atoms with Crippen molar-refractivity contribution in [1.29, 1.82) is 0 Å². The van der Waals surface area contributed by atoms with Crippen LogP contribution in [0.1, 0.15) is 16.8 Å². The van der Waals surface area contributed by atoms with E-state index in [1.54, 1.807) is 0 Å². The van der Waals surface area contributed by atoms with Gasteiger partial charge < -0.3 is 23.7 Å². The van der Waals surface area contributed by atoms with Gasteiger partial charge in [-0.15, -0.1) is 0 Å². The lowest BCUT2D eigenvalue weighted by molar-refractivity contribution is 0.0601. The van der Waals surface area contributed by atoms with E-state index in [9.17, 15) is 13.2 Å². The zero-order valence-electron chi connectivity index (χ0n) is 16.2. The van der Waals surface area contributed by atoms with E-state index in [1.165, 1.54) is 51.7 Å². The van der Waals surface area contributed by atoms with Gasteiger partial charge in [0.25, 0.3) is 10.0 Å². The third kappa shape index (κ3) is 4.32. The average molecular weight is 423 g/mol. The van der Waals surface area contributed by atoms with Crippen LogP contribution in [0.25, 0.3) is 0 Å². The van der Waals surface area contributed by atoms with E-state index in [0.29, 0.717) is 31.1 Å². The van der Waals surface area contributed by atoms with E-state index in [1.807, 2.05) is 0 Å². The minimum Gasteiger partial charge on any atom is -0.493 e. The summed E-state index contributed by atoms with van der Waals surface area (Å²) in [6.45, 7) is 0.914. The highest BCUT2D eigenvalue weighted by atomic mass is 32.2. The Morgan fingerprint density at radius 1 is 0.966 bits per heavy atom. The number of esters is 1. The van der Waals surface area contributed by atoms with Crippen LogP contribution in [-0.4, -0.2) is 48.9 Å². The van der Waals surface area contributed by atoms with Crippen LogP contribution in [0, 0.1) is 0 Å². The van der Waals surface area contributed by atoms with E-state index in [4.69, 9.17) is 23.7 Å². The largest absolute Gasteiger partial charge is 0.493 e. The number of methoxy groups -OCH3 is 3. The number of nitrogens with one attached hydrogen (secondary N) is 1. The Bertz CT molecular complexity index is 1020. The number of ether oxygens (including phenoxy) is 5. The van der Waals surface area contributed by atoms with Crippen molar-refractivity contribution in [2.45, 2.75) is 11.3 Å². The molecule has 9 nitrogen and oxygen atoms in total. The van der Waals surface area contributed by atoms with E-state index in [-0.39, 0.29) is 27.6 Å². The molecule has 0 bridgehead atoms. The second-order valence-electron chi connectivity index (χ2n) is 6.01. The molecule has 3 rings (SSSR count). The maximum Gasteiger partial charge on any atom is 0.340 e. The van der Waals surface area contributed by atoms with Gasteiger partial charge in [0.2, 0.25) is 0 Å². The number of hydrogen-bond donors (Lipinski definition) is 1. The van der Waals surface area contributed by atoms with Gasteiger partial charge in [0.1, 0.15) is 0 Å². The summed E-state index contributed by atoms with van der Waals surface area (Å²) in [5.74, 6) is 0.582. The Morgan fingerprint density at radius 2 is 1.62 bits per heavy atom. The van der Waals surface area contributed by atoms with Crippen molar-refractivity contribution in [3.63, 3.8) is 0 Å². The summed E-state index contributed by atoms with van der Waals surface area (Å²) in [5, 5.41) is 0. The number of sulfonamides is 1. The molecule has 1 aliphatic heterocycles. The third-order valence-electron chi connectivity index (χ3n) is 4.20. The van der Waals surface area contributed by atoms with E-state index < -0.39 is 16.0 Å². The Balaban J connectivity index is 2.02. The molecule has 0 saturated carbocycles. The number of rotatable bonds is 6. The maximum absolute atomic E-state index is 13.0. The first-order valence-corrected chi connectivity index (χ1v) is 10.1. The van der Waals surface area contributed by atoms with Crippen molar-refractivity contribution in [2.75, 3.05) is 39.3 Å². The lowest BCUT2D eigenvalue weighted by atomic mass is 10.1. The number of carbonyl (C=O) groups excluding carboxylic acids is 1. The highest BCUT2D eigenvalue weighted by molar-refractivity contribution is 7.92. The standard InChI is InChI=1S/C19H21NO8S/c1-24-16-10-13(19(21)26-3)14(11-17(16)25-2)20-29(22,23)12-5-6-15-18(9-12)28-8-4-7-27-15/h5-6,9-11,20H,4,7-8H2,1-3H3. The molecule has 0 aromatic heterocycles. The summed E-state index contributed by atoms with van der Waals surface area (Å²) in [5.41, 5.74) is -0.0373. The fourth-order valence-corrected chi connectivity index (χ4v) is 3.84. The molecule has 2 aromatic carbocycles. The van der Waals surface area contributed by atoms with Crippen LogP contribution in [-0.2, 0) is 14.8 Å². The van der Waals surface area contributed by atoms with Crippen LogP contribution in [0.3, 0.4) is 0 Å². The van der Waals surface area contributed by atoms with E-state index in [2.05, 4.69) is 4.72 Å². The van der Waals surface area contributed by atoms with Gasteiger partial charge in [-0.25, -0.2) is 13.2 Å². The molecule has 2 aromatic rings. The van der Waals surface area contributed by atoms with Crippen molar-refractivity contribution in [1.82, 2.24) is 0 Å². The lowest BCUT2D eigenvalue weighted by Crippen LogP contribution is -2.16. The summed E-state index contributed by atoms with van der Waals surface area (Å²) in [7, 11) is -0.0578. The first kappa shape index (κ1) is 20.6. The third-order valence-corrected chi connectivity index (χ3v) is 5.57. The first-order chi connectivity index (χ1) is 13.9. The second-order valence-corrected chi connectivity index (χ2v) is 7.69. The van der Waals surface area contributed by atoms with Gasteiger partial charge in [0.15, 0.2) is 23.0 Å². The van der Waals surface area contributed by atoms with Gasteiger partial charge in [-0.1, -0.05) is 0 Å². The SMILES string of the molecule is COC(=O)c1cc(OC)c(OC)cc1NS(=O)(=O)c1ccc2c(c1)OCCCO2. The number of benzene rings is 2. The van der Waals surface area contributed by atoms with Crippen LogP contribution in [0.2, 0.25) is 0 Å². The number of anilines is 1. The predicted octanol–water partition coefficient (Wildman–Crippen LogP) is 2.45. The van der Waals surface area contributed by atoms with Gasteiger partial charge in [-0.3, -0.25) is 4.72 Å². The van der Waals surface area contributed by atoms with Crippen LogP contribution in [0.4, 0.5) is 5.69 Å². The fraction of sp³-hybridized carbons (Fsp3) is 0.316. The van der Waals surface area contributed by atoms with Gasteiger partial charge in [0.05, 0.1) is 50.7 Å². The molecule has 1 heterocycles. The van der Waals surface area contributed by atoms with Crippen LogP contribution < -0.4 is 23.7 Å². The molecule has 0 fully saturated rings. The van der Waals surface area contributed by atoms with Gasteiger partial charge in [-0.05, 0) is 12.1 Å². The summed E-state index contributed by atoms with van der Waals surface area (Å²) in [6, 6.07) is 7.00. The molecule has 156 valence electrons. The van der Waals surface area contributed by atoms with E-state index in [0.717, 1.165) is 0 Å². The summed E-state index contributed by atoms with van der Waals surface area (Å²) < 4.78 is 54.5. The van der Waals surface area contributed by atoms with Crippen molar-refractivity contribution in [3.8, 4) is 23.0 Å². The fourth-order valence-electron chi connectivity index (χ4n) is 2.76.